The number of aromatic nitrogens is 3. The molecule has 0 radical (unpaired) electrons. The second kappa shape index (κ2) is 7.59. The van der Waals surface area contributed by atoms with Crippen molar-refractivity contribution in [3.8, 4) is 0 Å². The van der Waals surface area contributed by atoms with E-state index in [1.165, 1.54) is 6.92 Å². The number of hydrogen-bond donors (Lipinski definition) is 0. The van der Waals surface area contributed by atoms with E-state index in [1.807, 2.05) is 25.1 Å². The molecular formula is C21H23F3N4O2S. The maximum Gasteiger partial charge on any atom is 0.434 e. The van der Waals surface area contributed by atoms with Gasteiger partial charge in [-0.15, -0.1) is 0 Å². The Hall–Kier alpha value is -2.46. The normalized spacial score (nSPS) is 16.8. The third kappa shape index (κ3) is 3.82. The minimum atomic E-state index is -4.81. The molecule has 0 aliphatic carbocycles. The Kier molecular flexibility index (Phi) is 5.33. The van der Waals surface area contributed by atoms with Gasteiger partial charge in [-0.25, -0.2) is 8.42 Å². The van der Waals surface area contributed by atoms with E-state index in [-0.39, 0.29) is 24.7 Å². The van der Waals surface area contributed by atoms with Crippen LogP contribution in [0.5, 0.6) is 0 Å². The fourth-order valence-electron chi connectivity index (χ4n) is 4.48. The highest BCUT2D eigenvalue weighted by Crippen LogP contribution is 2.39. The molecule has 31 heavy (non-hydrogen) atoms. The Morgan fingerprint density at radius 1 is 1.13 bits per heavy atom. The minimum Gasteiger partial charge on any atom is -0.262 e. The summed E-state index contributed by atoms with van der Waals surface area (Å²) < 4.78 is 68.6. The Morgan fingerprint density at radius 2 is 1.81 bits per heavy atom. The Balaban J connectivity index is 1.61. The predicted molar refractivity (Wildman–Crippen MR) is 110 cm³/mol. The molecule has 1 fully saturated rings. The number of fused-ring (bicyclic) bond motifs is 1. The van der Waals surface area contributed by atoms with E-state index in [2.05, 4.69) is 16.1 Å². The summed E-state index contributed by atoms with van der Waals surface area (Å²) >= 11 is 0. The molecule has 0 unspecified atom stereocenters. The number of pyridine rings is 1. The van der Waals surface area contributed by atoms with E-state index in [0.29, 0.717) is 17.5 Å². The number of hydrogen-bond acceptors (Lipinski definition) is 4. The van der Waals surface area contributed by atoms with Gasteiger partial charge in [-0.05, 0) is 61.9 Å². The van der Waals surface area contributed by atoms with Crippen molar-refractivity contribution in [3.05, 3.63) is 53.0 Å². The zero-order chi connectivity index (χ0) is 22.6. The molecule has 4 rings (SSSR count). The Labute approximate surface area is 178 Å². The maximum atomic E-state index is 13.5. The van der Waals surface area contributed by atoms with Gasteiger partial charge in [-0.3, -0.25) is 9.67 Å². The number of halogens is 3. The van der Waals surface area contributed by atoms with Crippen LogP contribution in [0.15, 0.2) is 35.4 Å². The lowest BCUT2D eigenvalue weighted by Gasteiger charge is -2.32. The molecule has 0 atom stereocenters. The molecular weight excluding hydrogens is 429 g/mol. The van der Waals surface area contributed by atoms with E-state index in [1.54, 1.807) is 6.20 Å². The molecule has 0 spiro atoms. The van der Waals surface area contributed by atoms with Gasteiger partial charge < -0.3 is 0 Å². The van der Waals surface area contributed by atoms with Gasteiger partial charge in [-0.2, -0.15) is 22.6 Å². The molecule has 2 aromatic heterocycles. The fraction of sp³-hybridized carbons (Fsp3) is 0.429. The van der Waals surface area contributed by atoms with Gasteiger partial charge in [-0.1, -0.05) is 6.07 Å². The number of alkyl halides is 3. The van der Waals surface area contributed by atoms with Crippen LogP contribution in [0.4, 0.5) is 13.2 Å². The van der Waals surface area contributed by atoms with Crippen molar-refractivity contribution in [1.29, 1.82) is 0 Å². The quantitative estimate of drug-likeness (QED) is 0.598. The van der Waals surface area contributed by atoms with Gasteiger partial charge in [0.1, 0.15) is 4.90 Å². The summed E-state index contributed by atoms with van der Waals surface area (Å²) in [6.07, 6.45) is -2.01. The lowest BCUT2D eigenvalue weighted by molar-refractivity contribution is -0.146. The largest absolute Gasteiger partial charge is 0.434 e. The first-order chi connectivity index (χ1) is 14.5. The summed E-state index contributed by atoms with van der Waals surface area (Å²) in [5.41, 5.74) is 1.73. The molecule has 1 aromatic carbocycles. The lowest BCUT2D eigenvalue weighted by Crippen LogP contribution is -2.39. The van der Waals surface area contributed by atoms with Gasteiger partial charge in [0.05, 0.1) is 11.2 Å². The van der Waals surface area contributed by atoms with Crippen molar-refractivity contribution in [2.75, 3.05) is 13.1 Å². The number of benzene rings is 1. The first-order valence-corrected chi connectivity index (χ1v) is 11.4. The molecule has 0 saturated carbocycles. The minimum absolute atomic E-state index is 0.133. The maximum absolute atomic E-state index is 13.5. The number of nitrogens with zero attached hydrogens (tertiary/aromatic N) is 4. The molecule has 3 aromatic rings. The zero-order valence-electron chi connectivity index (χ0n) is 17.4. The Bertz CT molecular complexity index is 1240. The number of rotatable bonds is 3. The van der Waals surface area contributed by atoms with Crippen molar-refractivity contribution in [1.82, 2.24) is 19.1 Å². The third-order valence-electron chi connectivity index (χ3n) is 5.92. The van der Waals surface area contributed by atoms with Crippen LogP contribution in [0, 0.1) is 13.8 Å². The van der Waals surface area contributed by atoms with E-state index in [4.69, 9.17) is 0 Å². The molecule has 0 amide bonds. The van der Waals surface area contributed by atoms with Gasteiger partial charge in [0, 0.05) is 31.7 Å². The lowest BCUT2D eigenvalue weighted by atomic mass is 9.86. The highest BCUT2D eigenvalue weighted by Gasteiger charge is 2.45. The molecule has 0 bridgehead atoms. The number of aryl methyl sites for hydroxylation is 3. The van der Waals surface area contributed by atoms with Crippen LogP contribution in [0.2, 0.25) is 0 Å². The van der Waals surface area contributed by atoms with Crippen LogP contribution in [0.25, 0.3) is 10.9 Å². The molecule has 0 N–H and O–H groups in total. The van der Waals surface area contributed by atoms with Crippen LogP contribution in [-0.2, 0) is 23.2 Å². The van der Waals surface area contributed by atoms with E-state index in [0.717, 1.165) is 33.4 Å². The molecule has 6 nitrogen and oxygen atoms in total. The van der Waals surface area contributed by atoms with Gasteiger partial charge in [0.2, 0.25) is 10.0 Å². The summed E-state index contributed by atoms with van der Waals surface area (Å²) in [5.74, 6) is 0.133. The highest BCUT2D eigenvalue weighted by molar-refractivity contribution is 7.89. The summed E-state index contributed by atoms with van der Waals surface area (Å²) in [6, 6.07) is 7.95. The molecule has 166 valence electrons. The fourth-order valence-corrected chi connectivity index (χ4v) is 6.33. The van der Waals surface area contributed by atoms with Gasteiger partial charge in [0.15, 0.2) is 5.69 Å². The summed E-state index contributed by atoms with van der Waals surface area (Å²) in [4.78, 5) is 3.62. The standard InChI is InChI=1S/C21H23F3N4O2S/c1-13-11-18-16(5-4-8-25-18)12-17(13)15-6-9-28(10-7-15)31(29,30)19-14(2)26-27(3)20(19)21(22,23)24/h4-5,8,11-12,15H,6-7,9-10H2,1-3H3. The third-order valence-corrected chi connectivity index (χ3v) is 7.97. The van der Waals surface area contributed by atoms with Crippen LogP contribution < -0.4 is 0 Å². The van der Waals surface area contributed by atoms with Crippen LogP contribution in [0.3, 0.4) is 0 Å². The van der Waals surface area contributed by atoms with Crippen molar-refractivity contribution in [2.24, 2.45) is 7.05 Å². The average molecular weight is 453 g/mol. The SMILES string of the molecule is Cc1cc2ncccc2cc1C1CCN(S(=O)(=O)c2c(C)nn(C)c2C(F)(F)F)CC1. The number of piperidine rings is 1. The van der Waals surface area contributed by atoms with E-state index >= 15 is 0 Å². The summed E-state index contributed by atoms with van der Waals surface area (Å²) in [6.45, 7) is 3.61. The smallest absolute Gasteiger partial charge is 0.262 e. The molecule has 3 heterocycles. The Morgan fingerprint density at radius 3 is 2.45 bits per heavy atom. The van der Waals surface area contributed by atoms with E-state index < -0.39 is 26.8 Å². The first kappa shape index (κ1) is 21.8. The van der Waals surface area contributed by atoms with Gasteiger partial charge >= 0.3 is 6.18 Å². The molecule has 1 aliphatic heterocycles. The second-order valence-corrected chi connectivity index (χ2v) is 9.84. The average Bonchev–Trinajstić information content (AvgIpc) is 3.02. The zero-order valence-corrected chi connectivity index (χ0v) is 18.3. The first-order valence-electron chi connectivity index (χ1n) is 9.96. The highest BCUT2D eigenvalue weighted by atomic mass is 32.2. The van der Waals surface area contributed by atoms with Gasteiger partial charge in [0.25, 0.3) is 0 Å². The van der Waals surface area contributed by atoms with Crippen LogP contribution >= 0.6 is 0 Å². The van der Waals surface area contributed by atoms with Crippen molar-refractivity contribution >= 4 is 20.9 Å². The second-order valence-electron chi connectivity index (χ2n) is 7.97. The molecule has 1 aliphatic rings. The van der Waals surface area contributed by atoms with Crippen molar-refractivity contribution in [2.45, 2.75) is 43.7 Å². The van der Waals surface area contributed by atoms with Crippen molar-refractivity contribution < 1.29 is 21.6 Å². The number of sulfonamides is 1. The topological polar surface area (TPSA) is 68.1 Å². The van der Waals surface area contributed by atoms with Crippen LogP contribution in [-0.4, -0.2) is 40.6 Å². The summed E-state index contributed by atoms with van der Waals surface area (Å²) in [5, 5.41) is 4.74. The van der Waals surface area contributed by atoms with Crippen LogP contribution in [0.1, 0.15) is 41.3 Å². The van der Waals surface area contributed by atoms with E-state index in [9.17, 15) is 21.6 Å². The molecule has 10 heteroatoms. The predicted octanol–water partition coefficient (Wildman–Crippen LogP) is 4.17. The molecule has 1 saturated heterocycles. The van der Waals surface area contributed by atoms with Crippen molar-refractivity contribution in [3.63, 3.8) is 0 Å². The monoisotopic (exact) mass is 452 g/mol. The summed E-state index contributed by atoms with van der Waals surface area (Å²) in [7, 11) is -3.21.